The summed E-state index contributed by atoms with van der Waals surface area (Å²) in [5.41, 5.74) is 7.33. The molecule has 20 heavy (non-hydrogen) atoms. The monoisotopic (exact) mass is 274 g/mol. The van der Waals surface area contributed by atoms with E-state index in [1.807, 2.05) is 35.9 Å². The first-order valence-corrected chi connectivity index (χ1v) is 6.98. The van der Waals surface area contributed by atoms with Crippen LogP contribution in [0, 0.1) is 0 Å². The van der Waals surface area contributed by atoms with Crippen LogP contribution >= 0.6 is 0 Å². The predicted octanol–water partition coefficient (Wildman–Crippen LogP) is 2.50. The summed E-state index contributed by atoms with van der Waals surface area (Å²) in [5, 5.41) is 4.23. The normalized spacial score (nSPS) is 12.7. The van der Waals surface area contributed by atoms with Crippen molar-refractivity contribution in [1.82, 2.24) is 14.8 Å². The molecule has 0 spiro atoms. The maximum atomic E-state index is 6.28. The van der Waals surface area contributed by atoms with Gasteiger partial charge in [-0.2, -0.15) is 5.10 Å². The van der Waals surface area contributed by atoms with Crippen molar-refractivity contribution in [3.63, 3.8) is 0 Å². The number of ether oxygens (including phenoxy) is 1. The lowest BCUT2D eigenvalue weighted by Gasteiger charge is -2.15. The lowest BCUT2D eigenvalue weighted by atomic mass is 10.0. The Morgan fingerprint density at radius 3 is 2.85 bits per heavy atom. The smallest absolute Gasteiger partial charge is 0.138 e. The Kier molecular flexibility index (Phi) is 4.74. The van der Waals surface area contributed by atoms with Gasteiger partial charge in [-0.1, -0.05) is 12.1 Å². The Morgan fingerprint density at radius 2 is 2.15 bits per heavy atom. The molecule has 1 atom stereocenters. The minimum atomic E-state index is -0.114. The molecule has 0 saturated carbocycles. The van der Waals surface area contributed by atoms with Crippen LogP contribution in [-0.2, 0) is 6.42 Å². The van der Waals surface area contributed by atoms with Gasteiger partial charge in [-0.3, -0.25) is 0 Å². The van der Waals surface area contributed by atoms with E-state index in [-0.39, 0.29) is 12.1 Å². The number of hydrogen-bond donors (Lipinski definition) is 1. The fourth-order valence-corrected chi connectivity index (χ4v) is 2.17. The van der Waals surface area contributed by atoms with Crippen molar-refractivity contribution in [2.45, 2.75) is 39.3 Å². The second-order valence-electron chi connectivity index (χ2n) is 5.03. The summed E-state index contributed by atoms with van der Waals surface area (Å²) in [6, 6.07) is 8.09. The summed E-state index contributed by atoms with van der Waals surface area (Å²) in [5.74, 6) is 1.76. The van der Waals surface area contributed by atoms with Crippen LogP contribution < -0.4 is 10.5 Å². The molecule has 0 amide bonds. The Bertz CT molecular complexity index is 550. The number of aromatic nitrogens is 3. The van der Waals surface area contributed by atoms with Crippen molar-refractivity contribution < 1.29 is 4.74 Å². The molecule has 0 fully saturated rings. The summed E-state index contributed by atoms with van der Waals surface area (Å²) in [6.07, 6.45) is 2.24. The van der Waals surface area contributed by atoms with E-state index in [0.717, 1.165) is 17.1 Å². The van der Waals surface area contributed by atoms with Gasteiger partial charge >= 0.3 is 0 Å². The van der Waals surface area contributed by atoms with E-state index in [4.69, 9.17) is 10.5 Å². The quantitative estimate of drug-likeness (QED) is 0.879. The zero-order valence-electron chi connectivity index (χ0n) is 12.3. The van der Waals surface area contributed by atoms with Crippen molar-refractivity contribution in [2.75, 3.05) is 6.61 Å². The average molecular weight is 274 g/mol. The Labute approximate surface area is 119 Å². The first kappa shape index (κ1) is 14.5. The molecule has 5 nitrogen and oxygen atoms in total. The molecule has 2 N–H and O–H groups in total. The standard InChI is InChI=1S/C15H22N4O/c1-4-20-13-7-5-6-12(8-13)14(16)9-15-17-10-18-19(15)11(2)3/h5-8,10-11,14H,4,9,16H2,1-3H3. The molecule has 5 heteroatoms. The first-order valence-electron chi connectivity index (χ1n) is 6.98. The van der Waals surface area contributed by atoms with Gasteiger partial charge in [0.15, 0.2) is 0 Å². The van der Waals surface area contributed by atoms with Crippen LogP contribution in [-0.4, -0.2) is 21.4 Å². The van der Waals surface area contributed by atoms with Gasteiger partial charge in [-0.25, -0.2) is 9.67 Å². The summed E-state index contributed by atoms with van der Waals surface area (Å²) in [6.45, 7) is 6.79. The minimum Gasteiger partial charge on any atom is -0.494 e. The molecule has 1 aromatic carbocycles. The van der Waals surface area contributed by atoms with Crippen LogP contribution in [0.3, 0.4) is 0 Å². The lowest BCUT2D eigenvalue weighted by Crippen LogP contribution is -2.18. The van der Waals surface area contributed by atoms with E-state index in [1.165, 1.54) is 0 Å². The largest absolute Gasteiger partial charge is 0.494 e. The minimum absolute atomic E-state index is 0.114. The van der Waals surface area contributed by atoms with E-state index < -0.39 is 0 Å². The number of nitrogens with zero attached hydrogens (tertiary/aromatic N) is 3. The number of nitrogens with two attached hydrogens (primary N) is 1. The molecular weight excluding hydrogens is 252 g/mol. The molecule has 1 heterocycles. The SMILES string of the molecule is CCOc1cccc(C(N)Cc2ncnn2C(C)C)c1. The second-order valence-corrected chi connectivity index (χ2v) is 5.03. The highest BCUT2D eigenvalue weighted by Crippen LogP contribution is 2.21. The first-order chi connectivity index (χ1) is 9.61. The van der Waals surface area contributed by atoms with Gasteiger partial charge in [0, 0.05) is 18.5 Å². The molecule has 0 bridgehead atoms. The molecule has 2 aromatic rings. The highest BCUT2D eigenvalue weighted by atomic mass is 16.5. The third-order valence-corrected chi connectivity index (χ3v) is 3.14. The Hall–Kier alpha value is -1.88. The van der Waals surface area contributed by atoms with Crippen molar-refractivity contribution in [1.29, 1.82) is 0 Å². The summed E-state index contributed by atoms with van der Waals surface area (Å²) >= 11 is 0. The van der Waals surface area contributed by atoms with Crippen LogP contribution in [0.2, 0.25) is 0 Å². The van der Waals surface area contributed by atoms with Crippen LogP contribution in [0.25, 0.3) is 0 Å². The van der Waals surface area contributed by atoms with Crippen LogP contribution in [0.1, 0.15) is 44.2 Å². The van der Waals surface area contributed by atoms with Gasteiger partial charge in [-0.05, 0) is 38.5 Å². The highest BCUT2D eigenvalue weighted by molar-refractivity contribution is 5.30. The van der Waals surface area contributed by atoms with E-state index >= 15 is 0 Å². The van der Waals surface area contributed by atoms with Gasteiger partial charge in [0.05, 0.1) is 6.61 Å². The second kappa shape index (κ2) is 6.52. The van der Waals surface area contributed by atoms with Crippen LogP contribution in [0.5, 0.6) is 5.75 Å². The van der Waals surface area contributed by atoms with Crippen molar-refractivity contribution in [3.05, 3.63) is 42.0 Å². The molecule has 0 radical (unpaired) electrons. The van der Waals surface area contributed by atoms with Gasteiger partial charge in [0.1, 0.15) is 17.9 Å². The third kappa shape index (κ3) is 3.36. The maximum Gasteiger partial charge on any atom is 0.138 e. The topological polar surface area (TPSA) is 66.0 Å². The van der Waals surface area contributed by atoms with Gasteiger partial charge in [0.25, 0.3) is 0 Å². The van der Waals surface area contributed by atoms with Gasteiger partial charge in [-0.15, -0.1) is 0 Å². The van der Waals surface area contributed by atoms with Gasteiger partial charge in [0.2, 0.25) is 0 Å². The van der Waals surface area contributed by atoms with Crippen molar-refractivity contribution >= 4 is 0 Å². The van der Waals surface area contributed by atoms with Crippen molar-refractivity contribution in [3.8, 4) is 5.75 Å². The molecule has 0 aliphatic rings. The highest BCUT2D eigenvalue weighted by Gasteiger charge is 2.14. The summed E-state index contributed by atoms with van der Waals surface area (Å²) in [7, 11) is 0. The van der Waals surface area contributed by atoms with Crippen LogP contribution in [0.4, 0.5) is 0 Å². The lowest BCUT2D eigenvalue weighted by molar-refractivity contribution is 0.339. The fourth-order valence-electron chi connectivity index (χ4n) is 2.17. The fraction of sp³-hybridized carbons (Fsp3) is 0.467. The van der Waals surface area contributed by atoms with E-state index in [0.29, 0.717) is 13.0 Å². The van der Waals surface area contributed by atoms with E-state index in [1.54, 1.807) is 6.33 Å². The maximum absolute atomic E-state index is 6.28. The van der Waals surface area contributed by atoms with Crippen molar-refractivity contribution in [2.24, 2.45) is 5.73 Å². The number of rotatable bonds is 6. The van der Waals surface area contributed by atoms with E-state index in [2.05, 4.69) is 23.9 Å². The molecular formula is C15H22N4O. The molecule has 0 saturated heterocycles. The predicted molar refractivity (Wildman–Crippen MR) is 78.7 cm³/mol. The number of hydrogen-bond acceptors (Lipinski definition) is 4. The zero-order valence-corrected chi connectivity index (χ0v) is 12.3. The molecule has 2 rings (SSSR count). The Balaban J connectivity index is 2.13. The number of benzene rings is 1. The summed E-state index contributed by atoms with van der Waals surface area (Å²) in [4.78, 5) is 4.30. The molecule has 108 valence electrons. The van der Waals surface area contributed by atoms with E-state index in [9.17, 15) is 0 Å². The summed E-state index contributed by atoms with van der Waals surface area (Å²) < 4.78 is 7.41. The average Bonchev–Trinajstić information content (AvgIpc) is 2.88. The van der Waals surface area contributed by atoms with Gasteiger partial charge < -0.3 is 10.5 Å². The molecule has 0 aliphatic heterocycles. The molecule has 0 aliphatic carbocycles. The zero-order chi connectivity index (χ0) is 14.5. The van der Waals surface area contributed by atoms with Crippen LogP contribution in [0.15, 0.2) is 30.6 Å². The molecule has 1 unspecified atom stereocenters. The Morgan fingerprint density at radius 1 is 1.35 bits per heavy atom. The third-order valence-electron chi connectivity index (χ3n) is 3.14. The molecule has 1 aromatic heterocycles.